The number of alkyl halides is 8. The van der Waals surface area contributed by atoms with Crippen molar-refractivity contribution in [2.24, 2.45) is 0 Å². The average Bonchev–Trinajstić information content (AvgIpc) is 2.13. The Morgan fingerprint density at radius 1 is 0.765 bits per heavy atom. The lowest BCUT2D eigenvalue weighted by atomic mass is 10.2. The summed E-state index contributed by atoms with van der Waals surface area (Å²) in [6.07, 6.45) is -11.5. The van der Waals surface area contributed by atoms with Crippen LogP contribution < -0.4 is 0 Å². The molecule has 0 heterocycles. The van der Waals surface area contributed by atoms with Gasteiger partial charge in [-0.15, -0.1) is 0 Å². The van der Waals surface area contributed by atoms with Crippen molar-refractivity contribution in [1.82, 2.24) is 0 Å². The minimum atomic E-state index is -6.14. The van der Waals surface area contributed by atoms with Crippen LogP contribution in [0.3, 0.4) is 0 Å². The highest BCUT2D eigenvalue weighted by Crippen LogP contribution is 2.46. The molecule has 104 valence electrons. The Morgan fingerprint density at radius 3 is 1.59 bits per heavy atom. The maximum absolute atomic E-state index is 12.8. The molecule has 0 aliphatic heterocycles. The third kappa shape index (κ3) is 4.61. The van der Waals surface area contributed by atoms with Crippen molar-refractivity contribution in [2.75, 3.05) is 11.9 Å². The Bertz CT molecular complexity index is 211. The summed E-state index contributed by atoms with van der Waals surface area (Å²) in [5.41, 5.74) is 0. The van der Waals surface area contributed by atoms with E-state index in [-0.39, 0.29) is 6.42 Å². The van der Waals surface area contributed by atoms with Crippen molar-refractivity contribution in [2.45, 2.75) is 37.5 Å². The van der Waals surface area contributed by atoms with Crippen LogP contribution in [0.1, 0.15) is 19.3 Å². The zero-order valence-electron chi connectivity index (χ0n) is 8.47. The molecule has 0 atom stereocenters. The lowest BCUT2D eigenvalue weighted by Crippen LogP contribution is -2.55. The van der Waals surface area contributed by atoms with Crippen LogP contribution in [-0.2, 0) is 4.74 Å². The molecule has 0 rings (SSSR count). The van der Waals surface area contributed by atoms with Crippen molar-refractivity contribution in [1.29, 1.82) is 0 Å². The number of hydrogen-bond acceptors (Lipinski definition) is 1. The highest BCUT2D eigenvalue weighted by Gasteiger charge is 2.74. The van der Waals surface area contributed by atoms with E-state index in [2.05, 4.69) is 20.7 Å². The molecule has 0 aliphatic carbocycles. The van der Waals surface area contributed by atoms with Gasteiger partial charge in [-0.3, -0.25) is 0 Å². The highest BCUT2D eigenvalue weighted by molar-refractivity contribution is 9.09. The Morgan fingerprint density at radius 2 is 1.24 bits per heavy atom. The molecule has 0 aliphatic rings. The molecule has 0 unspecified atom stereocenters. The van der Waals surface area contributed by atoms with E-state index in [1.54, 1.807) is 0 Å². The number of halogens is 8. The van der Waals surface area contributed by atoms with E-state index in [1.165, 1.54) is 0 Å². The van der Waals surface area contributed by atoms with Gasteiger partial charge in [0, 0.05) is 5.33 Å². The topological polar surface area (TPSA) is 9.23 Å². The van der Waals surface area contributed by atoms with Crippen LogP contribution >= 0.6 is 15.9 Å². The van der Waals surface area contributed by atoms with Crippen LogP contribution in [0.4, 0.5) is 30.7 Å². The van der Waals surface area contributed by atoms with Crippen LogP contribution in [0.5, 0.6) is 0 Å². The summed E-state index contributed by atoms with van der Waals surface area (Å²) >= 11 is 3.03. The first-order valence-corrected chi connectivity index (χ1v) is 5.70. The van der Waals surface area contributed by atoms with Crippen LogP contribution in [0.2, 0.25) is 0 Å². The normalized spacial score (nSPS) is 14.1. The van der Waals surface area contributed by atoms with Crippen molar-refractivity contribution in [3.05, 3.63) is 0 Å². The van der Waals surface area contributed by atoms with Crippen molar-refractivity contribution in [3.8, 4) is 0 Å². The second-order valence-corrected chi connectivity index (χ2v) is 3.98. The van der Waals surface area contributed by atoms with E-state index >= 15 is 0 Å². The van der Waals surface area contributed by atoms with Crippen molar-refractivity contribution in [3.63, 3.8) is 0 Å². The first-order chi connectivity index (χ1) is 7.56. The second-order valence-electron chi connectivity index (χ2n) is 3.19. The van der Waals surface area contributed by atoms with E-state index < -0.39 is 24.8 Å². The van der Waals surface area contributed by atoms with Crippen LogP contribution in [0.15, 0.2) is 0 Å². The number of ether oxygens (including phenoxy) is 1. The van der Waals surface area contributed by atoms with Gasteiger partial charge < -0.3 is 4.74 Å². The summed E-state index contributed by atoms with van der Waals surface area (Å²) in [6.45, 7) is -0.942. The van der Waals surface area contributed by atoms with E-state index in [4.69, 9.17) is 0 Å². The Kier molecular flexibility index (Phi) is 6.20. The van der Waals surface area contributed by atoms with Gasteiger partial charge in [0.05, 0.1) is 6.61 Å². The monoisotopic (exact) mass is 334 g/mol. The Labute approximate surface area is 101 Å². The third-order valence-corrected chi connectivity index (χ3v) is 2.37. The van der Waals surface area contributed by atoms with E-state index in [0.717, 1.165) is 0 Å². The predicted molar refractivity (Wildman–Crippen MR) is 49.5 cm³/mol. The van der Waals surface area contributed by atoms with Gasteiger partial charge in [-0.2, -0.15) is 30.7 Å². The van der Waals surface area contributed by atoms with Gasteiger partial charge >= 0.3 is 18.2 Å². The summed E-state index contributed by atoms with van der Waals surface area (Å²) in [5.74, 6) is -5.59. The van der Waals surface area contributed by atoms with Gasteiger partial charge in [-0.25, -0.2) is 0 Å². The smallest absolute Gasteiger partial charge is 0.332 e. The molecule has 0 spiro atoms. The maximum Gasteiger partial charge on any atom is 0.458 e. The first kappa shape index (κ1) is 16.9. The molecular weight excluding hydrogens is 325 g/mol. The number of hydrogen-bond donors (Lipinski definition) is 0. The van der Waals surface area contributed by atoms with Gasteiger partial charge in [0.25, 0.3) is 0 Å². The lowest BCUT2D eigenvalue weighted by molar-refractivity contribution is -0.430. The molecule has 17 heavy (non-hydrogen) atoms. The highest BCUT2D eigenvalue weighted by atomic mass is 79.9. The van der Waals surface area contributed by atoms with E-state index in [1.807, 2.05) is 0 Å². The zero-order chi connectivity index (χ0) is 13.7. The van der Waals surface area contributed by atoms with Crippen LogP contribution in [-0.4, -0.2) is 30.1 Å². The van der Waals surface area contributed by atoms with Crippen LogP contribution in [0.25, 0.3) is 0 Å². The summed E-state index contributed by atoms with van der Waals surface area (Å²) in [6, 6.07) is 0. The Hall–Kier alpha value is -0.0500. The third-order valence-electron chi connectivity index (χ3n) is 1.81. The summed E-state index contributed by atoms with van der Waals surface area (Å²) < 4.78 is 87.9. The van der Waals surface area contributed by atoms with E-state index in [0.29, 0.717) is 18.2 Å². The van der Waals surface area contributed by atoms with Gasteiger partial charge in [0.15, 0.2) is 0 Å². The van der Waals surface area contributed by atoms with Gasteiger partial charge in [0.1, 0.15) is 0 Å². The summed E-state index contributed by atoms with van der Waals surface area (Å²) in [5, 5.41) is 0.562. The zero-order valence-corrected chi connectivity index (χ0v) is 10.1. The minimum Gasteiger partial charge on any atom is -0.332 e. The fourth-order valence-corrected chi connectivity index (χ4v) is 1.31. The molecular formula is C8H10BrF7O. The fourth-order valence-electron chi connectivity index (χ4n) is 0.911. The van der Waals surface area contributed by atoms with Crippen molar-refractivity contribution >= 4 is 15.9 Å². The van der Waals surface area contributed by atoms with Gasteiger partial charge in [-0.05, 0) is 12.8 Å². The van der Waals surface area contributed by atoms with Crippen molar-refractivity contribution < 1.29 is 35.5 Å². The van der Waals surface area contributed by atoms with Gasteiger partial charge in [-0.1, -0.05) is 22.4 Å². The quantitative estimate of drug-likeness (QED) is 0.398. The molecule has 0 aromatic carbocycles. The molecule has 1 nitrogen and oxygen atoms in total. The second kappa shape index (κ2) is 6.21. The largest absolute Gasteiger partial charge is 0.458 e. The average molecular weight is 335 g/mol. The standard InChI is InChI=1S/C8H10BrF7O/c9-4-2-1-3-5-17-6(10,7(11,12)13)8(14,15)16/h1-5H2. The number of unbranched alkanes of at least 4 members (excludes halogenated alkanes) is 2. The first-order valence-electron chi connectivity index (χ1n) is 4.58. The molecule has 0 amide bonds. The van der Waals surface area contributed by atoms with Gasteiger partial charge in [0.2, 0.25) is 0 Å². The Balaban J connectivity index is 4.44. The number of rotatable bonds is 6. The molecule has 0 saturated carbocycles. The lowest BCUT2D eigenvalue weighted by Gasteiger charge is -2.29. The molecule has 9 heteroatoms. The summed E-state index contributed by atoms with van der Waals surface area (Å²) in [4.78, 5) is 0. The fraction of sp³-hybridized carbons (Fsp3) is 1.00. The molecule has 0 aromatic rings. The molecule has 0 radical (unpaired) electrons. The molecule has 0 aromatic heterocycles. The summed E-state index contributed by atoms with van der Waals surface area (Å²) in [7, 11) is 0. The molecule has 0 saturated heterocycles. The minimum absolute atomic E-state index is 0.0799. The molecule has 0 bridgehead atoms. The van der Waals surface area contributed by atoms with Crippen LogP contribution in [0, 0.1) is 0 Å². The maximum atomic E-state index is 12.8. The predicted octanol–water partition coefficient (Wildman–Crippen LogP) is 4.36. The molecule has 0 fully saturated rings. The SMILES string of the molecule is FC(F)(F)C(F)(OCCCCCBr)C(F)(F)F. The molecule has 0 N–H and O–H groups in total. The van der Waals surface area contributed by atoms with E-state index in [9.17, 15) is 30.7 Å².